The molecule has 1 aliphatic rings. The number of hydrogen-bond acceptors (Lipinski definition) is 2. The second-order valence-corrected chi connectivity index (χ2v) is 4.26. The zero-order chi connectivity index (χ0) is 12.1. The number of epoxide rings is 1. The molecule has 0 amide bonds. The molecule has 0 aromatic heterocycles. The maximum Gasteiger partial charge on any atom is 0.116 e. The highest BCUT2D eigenvalue weighted by Crippen LogP contribution is 2.14. The Morgan fingerprint density at radius 2 is 2.00 bits per heavy atom. The molecule has 0 spiro atoms. The van der Waals surface area contributed by atoms with Gasteiger partial charge in [-0.15, -0.1) is 0 Å². The van der Waals surface area contributed by atoms with Gasteiger partial charge in [0.1, 0.15) is 12.7 Å². The molecule has 1 heterocycles. The standard InChI is InChI=1S/C15H18O2/c1-12(14-6-4-3-5-7-14)8-9-13(2)16-10-15-11-17-15/h3-9,15H,10-11H2,1-2H3/b12-8+,13-9+. The summed E-state index contributed by atoms with van der Waals surface area (Å²) in [5, 5.41) is 0. The Balaban J connectivity index is 1.91. The molecule has 0 N–H and O–H groups in total. The summed E-state index contributed by atoms with van der Waals surface area (Å²) in [6.45, 7) is 5.58. The van der Waals surface area contributed by atoms with Gasteiger partial charge in [-0.1, -0.05) is 36.4 Å². The summed E-state index contributed by atoms with van der Waals surface area (Å²) < 4.78 is 10.6. The molecule has 2 rings (SSSR count). The monoisotopic (exact) mass is 230 g/mol. The third-order valence-corrected chi connectivity index (χ3v) is 2.70. The van der Waals surface area contributed by atoms with Gasteiger partial charge in [0.2, 0.25) is 0 Å². The van der Waals surface area contributed by atoms with E-state index in [9.17, 15) is 0 Å². The van der Waals surface area contributed by atoms with Crippen LogP contribution in [0.5, 0.6) is 0 Å². The number of ether oxygens (including phenoxy) is 2. The lowest BCUT2D eigenvalue weighted by molar-refractivity contribution is 0.185. The molecule has 1 atom stereocenters. The zero-order valence-corrected chi connectivity index (χ0v) is 10.3. The van der Waals surface area contributed by atoms with Crippen molar-refractivity contribution in [3.05, 3.63) is 53.8 Å². The fraction of sp³-hybridized carbons (Fsp3) is 0.333. The van der Waals surface area contributed by atoms with Gasteiger partial charge >= 0.3 is 0 Å². The average Bonchev–Trinajstić information content (AvgIpc) is 3.18. The molecule has 1 unspecified atom stereocenters. The van der Waals surface area contributed by atoms with Crippen molar-refractivity contribution in [3.63, 3.8) is 0 Å². The Morgan fingerprint density at radius 3 is 2.65 bits per heavy atom. The fourth-order valence-corrected chi connectivity index (χ4v) is 1.48. The summed E-state index contributed by atoms with van der Waals surface area (Å²) >= 11 is 0. The summed E-state index contributed by atoms with van der Waals surface area (Å²) in [4.78, 5) is 0. The minimum Gasteiger partial charge on any atom is -0.495 e. The van der Waals surface area contributed by atoms with E-state index in [1.165, 1.54) is 11.1 Å². The molecular formula is C15H18O2. The summed E-state index contributed by atoms with van der Waals surface area (Å²) in [7, 11) is 0. The van der Waals surface area contributed by atoms with E-state index >= 15 is 0 Å². The lowest BCUT2D eigenvalue weighted by atomic mass is 10.1. The predicted octanol–water partition coefficient (Wildman–Crippen LogP) is 3.41. The van der Waals surface area contributed by atoms with Crippen LogP contribution in [0.4, 0.5) is 0 Å². The van der Waals surface area contributed by atoms with Crippen molar-refractivity contribution in [1.29, 1.82) is 0 Å². The average molecular weight is 230 g/mol. The largest absolute Gasteiger partial charge is 0.495 e. The molecular weight excluding hydrogens is 212 g/mol. The van der Waals surface area contributed by atoms with Gasteiger partial charge in [-0.3, -0.25) is 0 Å². The van der Waals surface area contributed by atoms with Crippen LogP contribution in [0, 0.1) is 0 Å². The van der Waals surface area contributed by atoms with Gasteiger partial charge in [0, 0.05) is 0 Å². The molecule has 0 aliphatic carbocycles. The molecule has 1 aromatic rings. The van der Waals surface area contributed by atoms with Crippen molar-refractivity contribution >= 4 is 5.57 Å². The Hall–Kier alpha value is -1.54. The Bertz CT molecular complexity index is 414. The summed E-state index contributed by atoms with van der Waals surface area (Å²) in [5.74, 6) is 0.927. The van der Waals surface area contributed by atoms with Crippen LogP contribution in [0.2, 0.25) is 0 Å². The second kappa shape index (κ2) is 5.69. The van der Waals surface area contributed by atoms with Crippen LogP contribution >= 0.6 is 0 Å². The SMILES string of the molecule is C/C(=C\C=C(/C)c1ccccc1)OCC1CO1. The summed E-state index contributed by atoms with van der Waals surface area (Å²) in [6.07, 6.45) is 4.40. The van der Waals surface area contributed by atoms with Crippen molar-refractivity contribution in [1.82, 2.24) is 0 Å². The third kappa shape index (κ3) is 4.08. The van der Waals surface area contributed by atoms with E-state index in [-0.39, 0.29) is 0 Å². The van der Waals surface area contributed by atoms with Crippen molar-refractivity contribution < 1.29 is 9.47 Å². The Labute approximate surface area is 103 Å². The van der Waals surface area contributed by atoms with E-state index in [1.807, 2.05) is 31.2 Å². The first kappa shape index (κ1) is 11.9. The number of allylic oxidation sites excluding steroid dienone is 4. The summed E-state index contributed by atoms with van der Waals surface area (Å²) in [5.41, 5.74) is 2.47. The van der Waals surface area contributed by atoms with Gasteiger partial charge < -0.3 is 9.47 Å². The van der Waals surface area contributed by atoms with Crippen LogP contribution in [-0.2, 0) is 9.47 Å². The minimum absolute atomic E-state index is 0.317. The van der Waals surface area contributed by atoms with Gasteiger partial charge in [0.15, 0.2) is 0 Å². The van der Waals surface area contributed by atoms with Gasteiger partial charge in [-0.2, -0.15) is 0 Å². The van der Waals surface area contributed by atoms with Crippen LogP contribution < -0.4 is 0 Å². The van der Waals surface area contributed by atoms with Crippen molar-refractivity contribution in [2.45, 2.75) is 20.0 Å². The molecule has 2 heteroatoms. The van der Waals surface area contributed by atoms with E-state index in [4.69, 9.17) is 9.47 Å². The van der Waals surface area contributed by atoms with Crippen molar-refractivity contribution in [3.8, 4) is 0 Å². The molecule has 1 fully saturated rings. The van der Waals surface area contributed by atoms with E-state index in [2.05, 4.69) is 25.1 Å². The molecule has 1 saturated heterocycles. The number of rotatable bonds is 5. The van der Waals surface area contributed by atoms with Gasteiger partial charge in [-0.25, -0.2) is 0 Å². The predicted molar refractivity (Wildman–Crippen MR) is 69.5 cm³/mol. The van der Waals surface area contributed by atoms with E-state index < -0.39 is 0 Å². The van der Waals surface area contributed by atoms with Gasteiger partial charge in [-0.05, 0) is 31.1 Å². The van der Waals surface area contributed by atoms with Gasteiger partial charge in [0.05, 0.1) is 12.4 Å². The van der Waals surface area contributed by atoms with Crippen LogP contribution in [0.15, 0.2) is 48.2 Å². The first-order valence-electron chi connectivity index (χ1n) is 5.91. The van der Waals surface area contributed by atoms with E-state index in [1.54, 1.807) is 0 Å². The molecule has 1 aliphatic heterocycles. The highest BCUT2D eigenvalue weighted by atomic mass is 16.6. The second-order valence-electron chi connectivity index (χ2n) is 4.26. The quantitative estimate of drug-likeness (QED) is 0.439. The van der Waals surface area contributed by atoms with Crippen molar-refractivity contribution in [2.75, 3.05) is 13.2 Å². The topological polar surface area (TPSA) is 21.8 Å². The van der Waals surface area contributed by atoms with Crippen LogP contribution in [-0.4, -0.2) is 19.3 Å². The molecule has 0 saturated carbocycles. The lowest BCUT2D eigenvalue weighted by Crippen LogP contribution is -1.98. The lowest BCUT2D eigenvalue weighted by Gasteiger charge is -2.03. The molecule has 2 nitrogen and oxygen atoms in total. The van der Waals surface area contributed by atoms with Crippen LogP contribution in [0.1, 0.15) is 19.4 Å². The normalized spacial score (nSPS) is 20.2. The third-order valence-electron chi connectivity index (χ3n) is 2.70. The number of hydrogen-bond donors (Lipinski definition) is 0. The van der Waals surface area contributed by atoms with E-state index in [0.29, 0.717) is 12.7 Å². The summed E-state index contributed by atoms with van der Waals surface area (Å²) in [6, 6.07) is 10.3. The molecule has 0 radical (unpaired) electrons. The zero-order valence-electron chi connectivity index (χ0n) is 10.3. The van der Waals surface area contributed by atoms with Crippen LogP contribution in [0.25, 0.3) is 5.57 Å². The maximum atomic E-state index is 5.54. The Morgan fingerprint density at radius 1 is 1.29 bits per heavy atom. The maximum absolute atomic E-state index is 5.54. The highest BCUT2D eigenvalue weighted by Gasteiger charge is 2.22. The fourth-order valence-electron chi connectivity index (χ4n) is 1.48. The minimum atomic E-state index is 0.317. The van der Waals surface area contributed by atoms with Crippen molar-refractivity contribution in [2.24, 2.45) is 0 Å². The number of benzene rings is 1. The molecule has 0 bridgehead atoms. The molecule has 1 aromatic carbocycles. The van der Waals surface area contributed by atoms with E-state index in [0.717, 1.165) is 12.4 Å². The van der Waals surface area contributed by atoms with Gasteiger partial charge in [0.25, 0.3) is 0 Å². The Kier molecular flexibility index (Phi) is 3.99. The first-order chi connectivity index (χ1) is 8.25. The highest BCUT2D eigenvalue weighted by molar-refractivity contribution is 5.64. The molecule has 90 valence electrons. The first-order valence-corrected chi connectivity index (χ1v) is 5.91. The van der Waals surface area contributed by atoms with Crippen LogP contribution in [0.3, 0.4) is 0 Å². The molecule has 17 heavy (non-hydrogen) atoms. The smallest absolute Gasteiger partial charge is 0.116 e.